The van der Waals surface area contributed by atoms with E-state index in [9.17, 15) is 4.79 Å². The summed E-state index contributed by atoms with van der Waals surface area (Å²) in [6.07, 6.45) is 12.7. The molecule has 0 heterocycles. The van der Waals surface area contributed by atoms with Crippen LogP contribution in [0.1, 0.15) is 82.3 Å². The molecule has 35 heavy (non-hydrogen) atoms. The predicted molar refractivity (Wildman–Crippen MR) is 146 cm³/mol. The average Bonchev–Trinajstić information content (AvgIpc) is 2.85. The zero-order valence-electron chi connectivity index (χ0n) is 22.5. The molecular formula is C31H48NO3+. The van der Waals surface area contributed by atoms with Gasteiger partial charge < -0.3 is 14.0 Å². The average molecular weight is 483 g/mol. The van der Waals surface area contributed by atoms with Crippen LogP contribution in [0.5, 0.6) is 5.75 Å². The Morgan fingerprint density at radius 1 is 0.771 bits per heavy atom. The minimum atomic E-state index is -0.130. The zero-order valence-corrected chi connectivity index (χ0v) is 22.5. The highest BCUT2D eigenvalue weighted by Gasteiger charge is 2.15. The van der Waals surface area contributed by atoms with Gasteiger partial charge in [0.1, 0.15) is 25.5 Å². The Hall–Kier alpha value is -2.33. The lowest BCUT2D eigenvalue weighted by Gasteiger charge is -2.30. The van der Waals surface area contributed by atoms with Gasteiger partial charge in [-0.05, 0) is 43.4 Å². The Balaban J connectivity index is 1.52. The smallest absolute Gasteiger partial charge is 0.305 e. The van der Waals surface area contributed by atoms with Gasteiger partial charge in [-0.2, -0.15) is 0 Å². The fourth-order valence-corrected chi connectivity index (χ4v) is 4.43. The van der Waals surface area contributed by atoms with Crippen molar-refractivity contribution in [1.29, 1.82) is 0 Å². The van der Waals surface area contributed by atoms with E-state index in [2.05, 4.69) is 69.6 Å². The molecule has 0 fully saturated rings. The second kappa shape index (κ2) is 17.2. The quantitative estimate of drug-likeness (QED) is 0.119. The largest absolute Gasteiger partial charge is 0.490 e. The van der Waals surface area contributed by atoms with Crippen LogP contribution in [0, 0.1) is 0 Å². The van der Waals surface area contributed by atoms with Crippen LogP contribution in [-0.2, 0) is 22.5 Å². The van der Waals surface area contributed by atoms with E-state index in [1.54, 1.807) is 0 Å². The van der Waals surface area contributed by atoms with Crippen molar-refractivity contribution in [2.75, 3.05) is 33.9 Å². The van der Waals surface area contributed by atoms with Gasteiger partial charge in [0, 0.05) is 12.0 Å². The highest BCUT2D eigenvalue weighted by atomic mass is 16.6. The Morgan fingerprint density at radius 3 is 2.26 bits per heavy atom. The van der Waals surface area contributed by atoms with Gasteiger partial charge in [0.25, 0.3) is 0 Å². The molecule has 2 rings (SSSR count). The predicted octanol–water partition coefficient (Wildman–Crippen LogP) is 7.35. The molecule has 0 spiro atoms. The molecule has 0 aliphatic carbocycles. The van der Waals surface area contributed by atoms with Crippen LogP contribution < -0.4 is 4.74 Å². The van der Waals surface area contributed by atoms with Gasteiger partial charge >= 0.3 is 5.97 Å². The SMILES string of the molecule is CCCCCCCCCc1cccc(OCCOC(=O)CCCC[N+](C)(C)Cc2ccccc2)c1. The molecule has 0 N–H and O–H groups in total. The lowest BCUT2D eigenvalue weighted by molar-refractivity contribution is -0.903. The van der Waals surface area contributed by atoms with Crippen molar-refractivity contribution in [3.8, 4) is 5.75 Å². The standard InChI is InChI=1S/C31H48NO3/c1-4-5-6-7-8-9-11-17-28-20-16-21-30(26-28)34-24-25-35-31(33)22-14-15-23-32(2,3)27-29-18-12-10-13-19-29/h10,12-13,16,18-21,26H,4-9,11,14-15,17,22-25,27H2,1-3H3/q+1. The number of carbonyl (C=O) groups excluding carboxylic acids is 1. The van der Waals surface area contributed by atoms with E-state index in [1.807, 2.05) is 6.07 Å². The highest BCUT2D eigenvalue weighted by Crippen LogP contribution is 2.17. The van der Waals surface area contributed by atoms with Gasteiger partial charge in [0.05, 0.1) is 20.6 Å². The molecule has 0 saturated heterocycles. The number of benzene rings is 2. The fraction of sp³-hybridized carbons (Fsp3) is 0.581. The van der Waals surface area contributed by atoms with Crippen LogP contribution >= 0.6 is 0 Å². The molecule has 2 aromatic carbocycles. The van der Waals surface area contributed by atoms with E-state index in [-0.39, 0.29) is 5.97 Å². The van der Waals surface area contributed by atoms with E-state index < -0.39 is 0 Å². The summed E-state index contributed by atoms with van der Waals surface area (Å²) in [4.78, 5) is 12.1. The van der Waals surface area contributed by atoms with E-state index in [0.29, 0.717) is 19.6 Å². The first-order valence-electron chi connectivity index (χ1n) is 13.7. The van der Waals surface area contributed by atoms with Crippen LogP contribution in [-0.4, -0.2) is 44.3 Å². The summed E-state index contributed by atoms with van der Waals surface area (Å²) < 4.78 is 12.1. The number of hydrogen-bond acceptors (Lipinski definition) is 3. The lowest BCUT2D eigenvalue weighted by atomic mass is 10.0. The summed E-state index contributed by atoms with van der Waals surface area (Å²) in [7, 11) is 4.48. The number of unbranched alkanes of at least 4 members (excludes halogenated alkanes) is 7. The van der Waals surface area contributed by atoms with E-state index in [0.717, 1.165) is 42.6 Å². The van der Waals surface area contributed by atoms with Crippen LogP contribution in [0.15, 0.2) is 54.6 Å². The summed E-state index contributed by atoms with van der Waals surface area (Å²) in [6, 6.07) is 18.9. The first-order valence-corrected chi connectivity index (χ1v) is 13.7. The molecule has 0 atom stereocenters. The number of nitrogens with zero attached hydrogens (tertiary/aromatic N) is 1. The maximum absolute atomic E-state index is 12.1. The van der Waals surface area contributed by atoms with Crippen LogP contribution in [0.2, 0.25) is 0 Å². The molecule has 0 aliphatic rings. The third-order valence-corrected chi connectivity index (χ3v) is 6.43. The number of quaternary nitrogens is 1. The molecule has 0 bridgehead atoms. The minimum absolute atomic E-state index is 0.130. The third kappa shape index (κ3) is 14.0. The summed E-state index contributed by atoms with van der Waals surface area (Å²) in [5.41, 5.74) is 2.67. The van der Waals surface area contributed by atoms with E-state index >= 15 is 0 Å². The van der Waals surface area contributed by atoms with Crippen molar-refractivity contribution in [1.82, 2.24) is 0 Å². The molecule has 0 aliphatic heterocycles. The maximum Gasteiger partial charge on any atom is 0.305 e. The van der Waals surface area contributed by atoms with Gasteiger partial charge in [0.2, 0.25) is 0 Å². The van der Waals surface area contributed by atoms with Crippen LogP contribution in [0.4, 0.5) is 0 Å². The summed E-state index contributed by atoms with van der Waals surface area (Å²) in [5, 5.41) is 0. The summed E-state index contributed by atoms with van der Waals surface area (Å²) >= 11 is 0. The number of ether oxygens (including phenoxy) is 2. The Morgan fingerprint density at radius 2 is 1.49 bits per heavy atom. The molecular weight excluding hydrogens is 434 g/mol. The van der Waals surface area contributed by atoms with Gasteiger partial charge in [-0.1, -0.05) is 87.9 Å². The van der Waals surface area contributed by atoms with Gasteiger partial charge in [0.15, 0.2) is 0 Å². The third-order valence-electron chi connectivity index (χ3n) is 6.43. The molecule has 4 heteroatoms. The van der Waals surface area contributed by atoms with E-state index in [1.165, 1.54) is 56.1 Å². The molecule has 0 amide bonds. The Bertz CT molecular complexity index is 819. The minimum Gasteiger partial charge on any atom is -0.490 e. The van der Waals surface area contributed by atoms with Gasteiger partial charge in [-0.3, -0.25) is 4.79 Å². The van der Waals surface area contributed by atoms with Crippen molar-refractivity contribution in [3.63, 3.8) is 0 Å². The number of aryl methyl sites for hydroxylation is 1. The van der Waals surface area contributed by atoms with Crippen molar-refractivity contribution >= 4 is 5.97 Å². The summed E-state index contributed by atoms with van der Waals surface area (Å²) in [6.45, 7) is 5.00. The molecule has 2 aromatic rings. The summed E-state index contributed by atoms with van der Waals surface area (Å²) in [5.74, 6) is 0.731. The molecule has 0 aromatic heterocycles. The first kappa shape index (κ1) is 28.9. The number of esters is 1. The second-order valence-corrected chi connectivity index (χ2v) is 10.3. The molecule has 4 nitrogen and oxygen atoms in total. The van der Waals surface area contributed by atoms with Crippen molar-refractivity contribution in [2.45, 2.75) is 84.1 Å². The number of carbonyl (C=O) groups is 1. The number of rotatable bonds is 19. The number of hydrogen-bond donors (Lipinski definition) is 0. The van der Waals surface area contributed by atoms with Crippen molar-refractivity contribution in [2.24, 2.45) is 0 Å². The van der Waals surface area contributed by atoms with Gasteiger partial charge in [-0.15, -0.1) is 0 Å². The lowest BCUT2D eigenvalue weighted by Crippen LogP contribution is -2.39. The Kier molecular flexibility index (Phi) is 14.2. The maximum atomic E-state index is 12.1. The first-order chi connectivity index (χ1) is 17.0. The van der Waals surface area contributed by atoms with Crippen molar-refractivity contribution < 1.29 is 18.8 Å². The van der Waals surface area contributed by atoms with Crippen LogP contribution in [0.25, 0.3) is 0 Å². The monoisotopic (exact) mass is 482 g/mol. The molecule has 0 unspecified atom stereocenters. The molecule has 194 valence electrons. The van der Waals surface area contributed by atoms with E-state index in [4.69, 9.17) is 9.47 Å². The topological polar surface area (TPSA) is 35.5 Å². The normalized spacial score (nSPS) is 11.4. The Labute approximate surface area is 214 Å². The van der Waals surface area contributed by atoms with Gasteiger partial charge in [-0.25, -0.2) is 0 Å². The highest BCUT2D eigenvalue weighted by molar-refractivity contribution is 5.69. The zero-order chi connectivity index (χ0) is 25.2. The van der Waals surface area contributed by atoms with Crippen LogP contribution in [0.3, 0.4) is 0 Å². The fourth-order valence-electron chi connectivity index (χ4n) is 4.43. The molecule has 0 radical (unpaired) electrons. The van der Waals surface area contributed by atoms with Crippen molar-refractivity contribution in [3.05, 3.63) is 65.7 Å². The molecule has 0 saturated carbocycles. The second-order valence-electron chi connectivity index (χ2n) is 10.3.